The van der Waals surface area contributed by atoms with E-state index in [1.807, 2.05) is 0 Å². The monoisotopic (exact) mass is 1020 g/mol. The van der Waals surface area contributed by atoms with Gasteiger partial charge in [0, 0.05) is 99.4 Å². The fourth-order valence-corrected chi connectivity index (χ4v) is 9.16. The molecule has 0 aliphatic carbocycles. The van der Waals surface area contributed by atoms with Crippen LogP contribution in [0.15, 0.2) is 60.9 Å². The fraction of sp³-hybridized carbons (Fsp3) is 0.460. The molecule has 7 rings (SSSR count). The van der Waals surface area contributed by atoms with Crippen LogP contribution in [0.4, 0.5) is 31.1 Å². The van der Waals surface area contributed by atoms with Gasteiger partial charge < -0.3 is 45.6 Å². The van der Waals surface area contributed by atoms with E-state index in [2.05, 4.69) is 15.4 Å². The maximum absolute atomic E-state index is 14.2. The molecule has 0 aromatic heterocycles. The molecule has 4 aliphatic rings. The van der Waals surface area contributed by atoms with Crippen molar-refractivity contribution >= 4 is 42.0 Å². The second-order valence-electron chi connectivity index (χ2n) is 18.9. The third-order valence-corrected chi connectivity index (χ3v) is 12.5. The molecule has 390 valence electrons. The Labute approximate surface area is 411 Å². The van der Waals surface area contributed by atoms with Crippen LogP contribution in [-0.4, -0.2) is 131 Å². The Hall–Kier alpha value is -6.81. The van der Waals surface area contributed by atoms with Gasteiger partial charge in [0.1, 0.15) is 23.5 Å². The van der Waals surface area contributed by atoms with Gasteiger partial charge in [-0.05, 0) is 94.7 Å². The highest BCUT2D eigenvalue weighted by Gasteiger charge is 2.45. The minimum atomic E-state index is -1.29. The number of carbonyl (C=O) groups is 7. The summed E-state index contributed by atoms with van der Waals surface area (Å²) < 4.78 is 90.7. The molecule has 22 heteroatoms. The quantitative estimate of drug-likeness (QED) is 0.0396. The number of hydrogen-bond donors (Lipinski definition) is 4. The standard InChI is InChI=1S/C25H26F3N3O3.C21H28F3N3O3.C4H4O4/c1-14(32)15-3-2-4-16(7-15)25(34)30-12-17-5-6-31(23(17)13-30)24(33)10-19(29)8-18-9-21(27)22(28)11-20(18)26;1-21(2,3)30-20(29)26-14(6-13-7-16(23)17(24)9-15(13)22)8-19(28)27-5-4-12-10-25-11-18(12)27;5-3-8-2-1-4(6)7/h2-4,7,9,11,17,19,23H,5-6,8,10,12-13,29H2,1H3;7,9,12,14,18,25H,4-6,8,10-11H2,1-3H3,(H,26,29);1-3H,(H,6,7)/b;;2-1+/t17-,19+,23+;12-,14+,18+;/m00./s1. The number of nitrogens with one attached hydrogen (secondary N) is 2. The number of hydrogen-bond acceptors (Lipinski definition) is 11. The summed E-state index contributed by atoms with van der Waals surface area (Å²) in [4.78, 5) is 86.9. The van der Waals surface area contributed by atoms with Crippen molar-refractivity contribution in [3.05, 3.63) is 118 Å². The van der Waals surface area contributed by atoms with Crippen molar-refractivity contribution in [1.29, 1.82) is 0 Å². The predicted molar refractivity (Wildman–Crippen MR) is 247 cm³/mol. The number of aliphatic carboxylic acids is 1. The summed E-state index contributed by atoms with van der Waals surface area (Å²) in [5.41, 5.74) is 5.97. The predicted octanol–water partition coefficient (Wildman–Crippen LogP) is 5.45. The first-order valence-corrected chi connectivity index (χ1v) is 23.1. The number of Topliss-reactive ketones (excluding diaryl/α,β-unsaturated/α-hetero) is 1. The first-order chi connectivity index (χ1) is 33.9. The van der Waals surface area contributed by atoms with Crippen molar-refractivity contribution in [3.8, 4) is 0 Å². The summed E-state index contributed by atoms with van der Waals surface area (Å²) in [5, 5.41) is 13.7. The van der Waals surface area contributed by atoms with Gasteiger partial charge in [-0.25, -0.2) is 35.9 Å². The largest absolute Gasteiger partial charge is 0.478 e. The average Bonchev–Trinajstić information content (AvgIpc) is 4.10. The lowest BCUT2D eigenvalue weighted by atomic mass is 10.0. The lowest BCUT2D eigenvalue weighted by Crippen LogP contribution is -2.46. The first kappa shape index (κ1) is 56.1. The number of ketones is 1. The van der Waals surface area contributed by atoms with E-state index in [1.54, 1.807) is 59.7 Å². The van der Waals surface area contributed by atoms with Gasteiger partial charge in [-0.1, -0.05) is 12.1 Å². The Morgan fingerprint density at radius 3 is 1.94 bits per heavy atom. The molecule has 0 spiro atoms. The SMILES string of the molecule is CC(=O)c1cccc(C(=O)N2C[C@@H]3CCN(C(=O)C[C@H](N)Cc4cc(F)c(F)cc4F)[C@@H]3C2)c1.CC(C)(C)OC(=O)N[C@@H](CC(=O)N1CC[C@H]2CNC[C@H]21)Cc1cc(F)c(F)cc1F.O=CO/C=C/C(=O)O. The third-order valence-electron chi connectivity index (χ3n) is 12.5. The summed E-state index contributed by atoms with van der Waals surface area (Å²) in [6.07, 6.45) is 1.96. The van der Waals surface area contributed by atoms with Crippen LogP contribution in [0, 0.1) is 46.7 Å². The van der Waals surface area contributed by atoms with Gasteiger partial charge in [0.15, 0.2) is 29.1 Å². The number of carboxylic acid groups (broad SMARTS) is 1. The number of nitrogens with two attached hydrogens (primary N) is 1. The van der Waals surface area contributed by atoms with E-state index in [0.29, 0.717) is 61.4 Å². The lowest BCUT2D eigenvalue weighted by Gasteiger charge is -2.27. The molecule has 16 nitrogen and oxygen atoms in total. The van der Waals surface area contributed by atoms with Gasteiger partial charge in [0.25, 0.3) is 12.4 Å². The third kappa shape index (κ3) is 15.6. The van der Waals surface area contributed by atoms with E-state index in [4.69, 9.17) is 15.6 Å². The molecule has 3 aromatic rings. The lowest BCUT2D eigenvalue weighted by molar-refractivity contribution is -0.133. The van der Waals surface area contributed by atoms with E-state index in [1.165, 1.54) is 6.92 Å². The minimum Gasteiger partial charge on any atom is -0.478 e. The van der Waals surface area contributed by atoms with Crippen molar-refractivity contribution in [3.63, 3.8) is 0 Å². The van der Waals surface area contributed by atoms with E-state index < -0.39 is 64.7 Å². The van der Waals surface area contributed by atoms with Crippen LogP contribution in [0.25, 0.3) is 0 Å². The number of amides is 4. The minimum absolute atomic E-state index is 0.0732. The molecule has 0 saturated carbocycles. The van der Waals surface area contributed by atoms with Crippen molar-refractivity contribution in [2.24, 2.45) is 17.6 Å². The average molecular weight is 1020 g/mol. The number of ether oxygens (including phenoxy) is 2. The molecule has 4 saturated heterocycles. The zero-order chi connectivity index (χ0) is 53.0. The molecule has 3 aromatic carbocycles. The first-order valence-electron chi connectivity index (χ1n) is 23.1. The van der Waals surface area contributed by atoms with Crippen LogP contribution in [0.2, 0.25) is 0 Å². The van der Waals surface area contributed by atoms with Crippen LogP contribution in [0.5, 0.6) is 0 Å². The van der Waals surface area contributed by atoms with E-state index >= 15 is 0 Å². The van der Waals surface area contributed by atoms with Crippen LogP contribution in [-0.2, 0) is 41.5 Å². The zero-order valence-electron chi connectivity index (χ0n) is 40.1. The molecular formula is C50H58F6N6O10. The van der Waals surface area contributed by atoms with Crippen LogP contribution in [0.3, 0.4) is 0 Å². The number of alkyl carbamates (subject to hydrolysis) is 1. The van der Waals surface area contributed by atoms with Crippen molar-refractivity contribution in [1.82, 2.24) is 25.3 Å². The molecule has 4 fully saturated rings. The number of carbonyl (C=O) groups excluding carboxylic acids is 6. The molecule has 0 unspecified atom stereocenters. The fourth-order valence-electron chi connectivity index (χ4n) is 9.16. The summed E-state index contributed by atoms with van der Waals surface area (Å²) in [5.74, 6) is -8.03. The molecule has 0 radical (unpaired) electrons. The molecule has 5 N–H and O–H groups in total. The maximum Gasteiger partial charge on any atom is 0.407 e. The van der Waals surface area contributed by atoms with Crippen LogP contribution in [0.1, 0.15) is 85.2 Å². The van der Waals surface area contributed by atoms with Crippen molar-refractivity contribution < 1.29 is 74.5 Å². The Kier molecular flexibility index (Phi) is 19.5. The van der Waals surface area contributed by atoms with Gasteiger partial charge in [0.05, 0.1) is 12.1 Å². The van der Waals surface area contributed by atoms with Gasteiger partial charge in [-0.3, -0.25) is 24.0 Å². The Bertz CT molecular complexity index is 2530. The highest BCUT2D eigenvalue weighted by molar-refractivity contribution is 5.99. The number of fused-ring (bicyclic) bond motifs is 2. The van der Waals surface area contributed by atoms with E-state index in [0.717, 1.165) is 44.3 Å². The topological polar surface area (TPSA) is 218 Å². The molecule has 4 amide bonds. The highest BCUT2D eigenvalue weighted by atomic mass is 19.2. The highest BCUT2D eigenvalue weighted by Crippen LogP contribution is 2.33. The molecule has 4 aliphatic heterocycles. The molecule has 4 heterocycles. The summed E-state index contributed by atoms with van der Waals surface area (Å²) in [6.45, 7) is 10.3. The number of likely N-dealkylation sites (tertiary alicyclic amines) is 3. The van der Waals surface area contributed by atoms with E-state index in [-0.39, 0.29) is 84.8 Å². The number of carboxylic acids is 1. The molecule has 0 bridgehead atoms. The summed E-state index contributed by atoms with van der Waals surface area (Å²) in [7, 11) is 0. The Balaban J connectivity index is 0.000000234. The smallest absolute Gasteiger partial charge is 0.407 e. The number of benzene rings is 3. The van der Waals surface area contributed by atoms with Crippen molar-refractivity contribution in [2.75, 3.05) is 39.3 Å². The van der Waals surface area contributed by atoms with Gasteiger partial charge >= 0.3 is 12.1 Å². The molecule has 6 atom stereocenters. The van der Waals surface area contributed by atoms with E-state index in [9.17, 15) is 59.9 Å². The van der Waals surface area contributed by atoms with Crippen LogP contribution >= 0.6 is 0 Å². The zero-order valence-corrected chi connectivity index (χ0v) is 40.1. The second-order valence-corrected chi connectivity index (χ2v) is 18.9. The number of nitrogens with zero attached hydrogens (tertiary/aromatic N) is 3. The second kappa shape index (κ2) is 25.0. The molecular weight excluding hydrogens is 959 g/mol. The van der Waals surface area contributed by atoms with Gasteiger partial charge in [-0.15, -0.1) is 0 Å². The Morgan fingerprint density at radius 2 is 1.35 bits per heavy atom. The van der Waals surface area contributed by atoms with Gasteiger partial charge in [-0.2, -0.15) is 0 Å². The van der Waals surface area contributed by atoms with Crippen LogP contribution < -0.4 is 16.4 Å². The number of rotatable bonds is 14. The van der Waals surface area contributed by atoms with Crippen molar-refractivity contribution in [2.45, 2.75) is 96.0 Å². The Morgan fingerprint density at radius 1 is 0.778 bits per heavy atom. The number of halogens is 6. The van der Waals surface area contributed by atoms with Gasteiger partial charge in [0.2, 0.25) is 11.8 Å². The molecule has 72 heavy (non-hydrogen) atoms. The normalized spacial score (nSPS) is 19.8. The maximum atomic E-state index is 14.2. The summed E-state index contributed by atoms with van der Waals surface area (Å²) >= 11 is 0. The summed E-state index contributed by atoms with van der Waals surface area (Å²) in [6, 6.07) is 7.42.